The molecule has 3 heterocycles. The average molecular weight is 490 g/mol. The number of aromatic nitrogens is 5. The number of alkyl halides is 1. The summed E-state index contributed by atoms with van der Waals surface area (Å²) in [7, 11) is 0. The van der Waals surface area contributed by atoms with Gasteiger partial charge in [-0.25, -0.2) is 9.50 Å². The van der Waals surface area contributed by atoms with Gasteiger partial charge in [0.2, 0.25) is 0 Å². The third kappa shape index (κ3) is 11.8. The van der Waals surface area contributed by atoms with Crippen molar-refractivity contribution in [2.75, 3.05) is 11.1 Å². The molecule has 3 aromatic rings. The Balaban J connectivity index is 0.000000444. The van der Waals surface area contributed by atoms with Gasteiger partial charge < -0.3 is 5.73 Å². The molecule has 3 aromatic heterocycles. The first-order valence-corrected chi connectivity index (χ1v) is 11.0. The van der Waals surface area contributed by atoms with Gasteiger partial charge in [-0.15, -0.1) is 5.10 Å². The fourth-order valence-electron chi connectivity index (χ4n) is 1.98. The number of halogens is 1. The van der Waals surface area contributed by atoms with Gasteiger partial charge in [0, 0.05) is 6.92 Å². The lowest BCUT2D eigenvalue weighted by Gasteiger charge is -2.02. The Morgan fingerprint density at radius 2 is 1.65 bits per heavy atom. The highest BCUT2D eigenvalue weighted by molar-refractivity contribution is 9.09. The Morgan fingerprint density at radius 3 is 2.06 bits per heavy atom. The van der Waals surface area contributed by atoms with Gasteiger partial charge in [0.15, 0.2) is 5.65 Å². The third-order valence-electron chi connectivity index (χ3n) is 3.54. The van der Waals surface area contributed by atoms with Crippen molar-refractivity contribution in [1.82, 2.24) is 24.8 Å². The summed E-state index contributed by atoms with van der Waals surface area (Å²) in [5.74, 6) is 1.54. The Kier molecular flexibility index (Phi) is 13.6. The van der Waals surface area contributed by atoms with Gasteiger partial charge in [0.05, 0.1) is 34.7 Å². The minimum atomic E-state index is 0.171. The number of carbonyl (C=O) groups excluding carboxylic acids is 1. The van der Waals surface area contributed by atoms with Gasteiger partial charge in [-0.1, -0.05) is 43.6 Å². The number of imidazole rings is 1. The van der Waals surface area contributed by atoms with Crippen LogP contribution in [-0.4, -0.2) is 35.9 Å². The predicted molar refractivity (Wildman–Crippen MR) is 128 cm³/mol. The zero-order valence-electron chi connectivity index (χ0n) is 19.3. The maximum absolute atomic E-state index is 9.77. The van der Waals surface area contributed by atoms with Gasteiger partial charge in [0.1, 0.15) is 11.6 Å². The number of ketones is 1. The van der Waals surface area contributed by atoms with Crippen LogP contribution in [0, 0.1) is 18.3 Å². The first-order valence-electron chi connectivity index (χ1n) is 9.83. The number of hydrogen-bond acceptors (Lipinski definition) is 7. The Morgan fingerprint density at radius 1 is 1.13 bits per heavy atom. The van der Waals surface area contributed by atoms with Crippen molar-refractivity contribution >= 4 is 33.2 Å². The van der Waals surface area contributed by atoms with Crippen LogP contribution in [0.4, 0.5) is 5.82 Å². The molecule has 0 bridgehead atoms. The summed E-state index contributed by atoms with van der Waals surface area (Å²) in [6.45, 7) is 13.4. The number of nitrogen functional groups attached to an aromatic ring is 1. The van der Waals surface area contributed by atoms with Gasteiger partial charge in [0.25, 0.3) is 0 Å². The largest absolute Gasteiger partial charge is 0.382 e. The van der Waals surface area contributed by atoms with Crippen molar-refractivity contribution in [3.05, 3.63) is 47.5 Å². The van der Waals surface area contributed by atoms with E-state index in [2.05, 4.69) is 63.9 Å². The van der Waals surface area contributed by atoms with Gasteiger partial charge >= 0.3 is 0 Å². The number of anilines is 1. The standard InChI is InChI=1S/C10H13N3.C7H11N3.C3H5BrO.C2H3N/c1-7(2)9-4-5-10-11-8(3)6-13(10)12-9;1-5(2)6-3-4-7(8)10-9-6;1-3(5)2-4;1-2-3/h4-7H,1-3H3;3-5H,1-2H3,(H2,8,10);2H2,1H3;1H3. The average Bonchev–Trinajstić information content (AvgIpc) is 3.09. The maximum Gasteiger partial charge on any atom is 0.153 e. The number of rotatable bonds is 3. The molecular formula is C22H32BrN7O. The molecule has 31 heavy (non-hydrogen) atoms. The van der Waals surface area contributed by atoms with Crippen molar-refractivity contribution < 1.29 is 4.79 Å². The minimum Gasteiger partial charge on any atom is -0.382 e. The molecule has 0 fully saturated rings. The summed E-state index contributed by atoms with van der Waals surface area (Å²) >= 11 is 2.96. The molecule has 0 spiro atoms. The lowest BCUT2D eigenvalue weighted by molar-refractivity contribution is -0.114. The highest BCUT2D eigenvalue weighted by Crippen LogP contribution is 2.12. The summed E-state index contributed by atoms with van der Waals surface area (Å²) in [6.07, 6.45) is 1.95. The number of nitrogens with two attached hydrogens (primary N) is 1. The summed E-state index contributed by atoms with van der Waals surface area (Å²) in [5, 5.41) is 19.9. The lowest BCUT2D eigenvalue weighted by Crippen LogP contribution is -1.98. The van der Waals surface area contributed by atoms with Gasteiger partial charge in [-0.05, 0) is 49.9 Å². The topological polar surface area (TPSA) is 123 Å². The van der Waals surface area contributed by atoms with E-state index in [1.165, 1.54) is 13.8 Å². The second-order valence-electron chi connectivity index (χ2n) is 7.19. The van der Waals surface area contributed by atoms with E-state index in [1.807, 2.05) is 35.8 Å². The molecule has 0 radical (unpaired) electrons. The molecule has 0 saturated carbocycles. The molecule has 3 rings (SSSR count). The van der Waals surface area contributed by atoms with Crippen LogP contribution in [0.2, 0.25) is 0 Å². The number of carbonyl (C=O) groups is 1. The Labute approximate surface area is 193 Å². The number of nitriles is 1. The third-order valence-corrected chi connectivity index (χ3v) is 4.33. The number of Topliss-reactive ketones (excluding diaryl/α,β-unsaturated/α-hetero) is 1. The predicted octanol–water partition coefficient (Wildman–Crippen LogP) is 4.84. The SMILES string of the molecule is CC#N.CC(=O)CBr.CC(C)c1ccc(N)nn1.Cc1cn2nc(C(C)C)ccc2n1. The second-order valence-corrected chi connectivity index (χ2v) is 7.76. The van der Waals surface area contributed by atoms with E-state index in [1.54, 1.807) is 12.1 Å². The van der Waals surface area contributed by atoms with Crippen molar-refractivity contribution in [3.8, 4) is 6.07 Å². The smallest absolute Gasteiger partial charge is 0.153 e. The molecule has 0 amide bonds. The lowest BCUT2D eigenvalue weighted by atomic mass is 10.1. The quantitative estimate of drug-likeness (QED) is 0.521. The summed E-state index contributed by atoms with van der Waals surface area (Å²) in [4.78, 5) is 14.1. The summed E-state index contributed by atoms with van der Waals surface area (Å²) < 4.78 is 1.84. The van der Waals surface area contributed by atoms with E-state index < -0.39 is 0 Å². The number of nitrogens with zero attached hydrogens (tertiary/aromatic N) is 6. The van der Waals surface area contributed by atoms with E-state index in [9.17, 15) is 4.79 Å². The van der Waals surface area contributed by atoms with E-state index in [0.717, 1.165) is 22.7 Å². The van der Waals surface area contributed by atoms with E-state index in [4.69, 9.17) is 11.0 Å². The van der Waals surface area contributed by atoms with Gasteiger partial charge in [-0.3, -0.25) is 4.79 Å². The molecule has 0 aliphatic rings. The van der Waals surface area contributed by atoms with Crippen LogP contribution in [0.5, 0.6) is 0 Å². The fourth-order valence-corrected chi connectivity index (χ4v) is 1.98. The van der Waals surface area contributed by atoms with Crippen LogP contribution in [0.1, 0.15) is 70.5 Å². The molecule has 0 unspecified atom stereocenters. The molecule has 9 heteroatoms. The minimum absolute atomic E-state index is 0.171. The molecule has 0 aromatic carbocycles. The molecule has 0 aliphatic heterocycles. The van der Waals surface area contributed by atoms with Crippen molar-refractivity contribution in [1.29, 1.82) is 5.26 Å². The highest BCUT2D eigenvalue weighted by Gasteiger charge is 2.03. The zero-order valence-corrected chi connectivity index (χ0v) is 20.9. The van der Waals surface area contributed by atoms with Crippen LogP contribution in [0.25, 0.3) is 5.65 Å². The van der Waals surface area contributed by atoms with Crippen molar-refractivity contribution in [2.24, 2.45) is 0 Å². The van der Waals surface area contributed by atoms with Gasteiger partial charge in [-0.2, -0.15) is 15.5 Å². The highest BCUT2D eigenvalue weighted by atomic mass is 79.9. The Bertz CT molecular complexity index is 960. The van der Waals surface area contributed by atoms with Crippen LogP contribution in [0.15, 0.2) is 30.5 Å². The number of aryl methyl sites for hydroxylation is 1. The second kappa shape index (κ2) is 15.0. The molecule has 0 atom stereocenters. The maximum atomic E-state index is 9.77. The summed E-state index contributed by atoms with van der Waals surface area (Å²) in [6, 6.07) is 9.46. The zero-order chi connectivity index (χ0) is 24.0. The van der Waals surface area contributed by atoms with E-state index in [0.29, 0.717) is 23.0 Å². The normalized spacial score (nSPS) is 9.58. The molecular weight excluding hydrogens is 458 g/mol. The monoisotopic (exact) mass is 489 g/mol. The Hall–Kier alpha value is -2.86. The van der Waals surface area contributed by atoms with Crippen LogP contribution in [-0.2, 0) is 4.79 Å². The first-order chi connectivity index (χ1) is 14.5. The molecule has 0 aliphatic carbocycles. The van der Waals surface area contributed by atoms with Crippen LogP contribution < -0.4 is 5.73 Å². The molecule has 2 N–H and O–H groups in total. The molecule has 0 saturated heterocycles. The van der Waals surface area contributed by atoms with Crippen molar-refractivity contribution in [3.63, 3.8) is 0 Å². The number of hydrogen-bond donors (Lipinski definition) is 1. The van der Waals surface area contributed by atoms with E-state index >= 15 is 0 Å². The summed E-state index contributed by atoms with van der Waals surface area (Å²) in [5.41, 5.74) is 9.36. The van der Waals surface area contributed by atoms with Crippen molar-refractivity contribution in [2.45, 2.75) is 60.3 Å². The first kappa shape index (κ1) is 28.1. The number of fused-ring (bicyclic) bond motifs is 1. The van der Waals surface area contributed by atoms with Crippen LogP contribution >= 0.6 is 15.9 Å². The molecule has 8 nitrogen and oxygen atoms in total. The van der Waals surface area contributed by atoms with E-state index in [-0.39, 0.29) is 5.78 Å². The molecule has 168 valence electrons. The van der Waals surface area contributed by atoms with Crippen LogP contribution in [0.3, 0.4) is 0 Å². The fraction of sp³-hybridized carbons (Fsp3) is 0.455.